The Morgan fingerprint density at radius 1 is 1.20 bits per heavy atom. The molecule has 0 aliphatic carbocycles. The molecule has 2 nitrogen and oxygen atoms in total. The Hall–Kier alpha value is -1.33. The smallest absolute Gasteiger partial charge is 0.0587 e. The van der Waals surface area contributed by atoms with Crippen LogP contribution in [0.5, 0.6) is 0 Å². The zero-order valence-corrected chi connectivity index (χ0v) is 9.24. The molecule has 80 valence electrons. The lowest BCUT2D eigenvalue weighted by Crippen LogP contribution is -2.26. The van der Waals surface area contributed by atoms with Gasteiger partial charge in [-0.15, -0.1) is 0 Å². The Bertz CT molecular complexity index is 294. The summed E-state index contributed by atoms with van der Waals surface area (Å²) in [6, 6.07) is 12.6. The number of benzene rings is 1. The van der Waals surface area contributed by atoms with Crippen LogP contribution in [0.4, 0.5) is 0 Å². The van der Waals surface area contributed by atoms with E-state index in [1.165, 1.54) is 38.4 Å². The van der Waals surface area contributed by atoms with Crippen molar-refractivity contribution >= 4 is 0 Å². The highest BCUT2D eigenvalue weighted by atomic mass is 14.9. The number of nitrogens with one attached hydrogen (secondary N) is 1. The van der Waals surface area contributed by atoms with Crippen molar-refractivity contribution in [2.45, 2.75) is 25.7 Å². The van der Waals surface area contributed by atoms with Gasteiger partial charge in [0.1, 0.15) is 0 Å². The number of nitrogens with zero attached hydrogens (tertiary/aromatic N) is 1. The molecule has 1 aromatic carbocycles. The molecular weight excluding hydrogens is 184 g/mol. The van der Waals surface area contributed by atoms with Crippen LogP contribution in [0, 0.1) is 11.3 Å². The highest BCUT2D eigenvalue weighted by Crippen LogP contribution is 2.24. The predicted octanol–water partition coefficient (Wildman–Crippen LogP) is 2.68. The second-order valence-corrected chi connectivity index (χ2v) is 3.66. The Kier molecular flexibility index (Phi) is 5.50. The maximum atomic E-state index is 7.32. The average Bonchev–Trinajstić information content (AvgIpc) is 2.32. The quantitative estimate of drug-likeness (QED) is 0.760. The first-order chi connectivity index (χ1) is 7.38. The third kappa shape index (κ3) is 4.14. The van der Waals surface area contributed by atoms with Crippen molar-refractivity contribution in [1.29, 1.82) is 5.26 Å². The van der Waals surface area contributed by atoms with Gasteiger partial charge in [-0.3, -0.25) is 0 Å². The third-order valence-electron chi connectivity index (χ3n) is 2.61. The van der Waals surface area contributed by atoms with Gasteiger partial charge < -0.3 is 5.32 Å². The molecule has 1 heterocycles. The van der Waals surface area contributed by atoms with Crippen LogP contribution < -0.4 is 5.32 Å². The molecule has 0 aromatic heterocycles. The molecule has 0 spiro atoms. The molecule has 15 heavy (non-hydrogen) atoms. The van der Waals surface area contributed by atoms with Crippen molar-refractivity contribution in [3.05, 3.63) is 35.9 Å². The van der Waals surface area contributed by atoms with Crippen LogP contribution >= 0.6 is 0 Å². The van der Waals surface area contributed by atoms with E-state index in [9.17, 15) is 0 Å². The molecule has 2 heteroatoms. The molecule has 2 rings (SSSR count). The summed E-state index contributed by atoms with van der Waals surface area (Å²) < 4.78 is 0. The van der Waals surface area contributed by atoms with E-state index in [2.05, 4.69) is 35.6 Å². The van der Waals surface area contributed by atoms with Crippen molar-refractivity contribution in [1.82, 2.24) is 5.32 Å². The van der Waals surface area contributed by atoms with Crippen LogP contribution in [0.2, 0.25) is 0 Å². The first-order valence-electron chi connectivity index (χ1n) is 5.45. The van der Waals surface area contributed by atoms with E-state index < -0.39 is 0 Å². The summed E-state index contributed by atoms with van der Waals surface area (Å²) in [5, 5.41) is 10.7. The molecule has 1 aliphatic rings. The summed E-state index contributed by atoms with van der Waals surface area (Å²) >= 11 is 0. The molecule has 0 atom stereocenters. The minimum absolute atomic E-state index is 0.799. The largest absolute Gasteiger partial charge is 0.317 e. The first kappa shape index (κ1) is 11.7. The normalized spacial score (nSPS) is 16.0. The Labute approximate surface area is 91.9 Å². The monoisotopic (exact) mass is 202 g/mol. The van der Waals surface area contributed by atoms with Gasteiger partial charge in [0, 0.05) is 6.92 Å². The van der Waals surface area contributed by atoms with Crippen molar-refractivity contribution < 1.29 is 0 Å². The van der Waals surface area contributed by atoms with Crippen LogP contribution in [-0.2, 0) is 0 Å². The zero-order chi connectivity index (χ0) is 10.9. The number of nitriles is 1. The molecule has 0 radical (unpaired) electrons. The highest BCUT2D eigenvalue weighted by molar-refractivity contribution is 5.19. The van der Waals surface area contributed by atoms with Gasteiger partial charge in [-0.1, -0.05) is 30.3 Å². The fourth-order valence-corrected chi connectivity index (χ4v) is 1.88. The minimum atomic E-state index is 0.799. The van der Waals surface area contributed by atoms with Gasteiger partial charge in [0.2, 0.25) is 0 Å². The predicted molar refractivity (Wildman–Crippen MR) is 62.6 cm³/mol. The zero-order valence-electron chi connectivity index (χ0n) is 9.24. The summed E-state index contributed by atoms with van der Waals surface area (Å²) in [5.74, 6) is 0.799. The summed E-state index contributed by atoms with van der Waals surface area (Å²) in [5.41, 5.74) is 1.51. The Balaban J connectivity index is 0.000000337. The van der Waals surface area contributed by atoms with Crippen LogP contribution in [0.15, 0.2) is 30.3 Å². The summed E-state index contributed by atoms with van der Waals surface area (Å²) in [4.78, 5) is 0. The molecule has 1 N–H and O–H groups in total. The Morgan fingerprint density at radius 3 is 2.27 bits per heavy atom. The van der Waals surface area contributed by atoms with Crippen LogP contribution in [0.1, 0.15) is 31.2 Å². The van der Waals surface area contributed by atoms with Gasteiger partial charge in [-0.25, -0.2) is 0 Å². The van der Waals surface area contributed by atoms with Crippen molar-refractivity contribution in [3.63, 3.8) is 0 Å². The van der Waals surface area contributed by atoms with Gasteiger partial charge in [0.05, 0.1) is 6.07 Å². The Morgan fingerprint density at radius 2 is 1.73 bits per heavy atom. The lowest BCUT2D eigenvalue weighted by atomic mass is 9.90. The number of piperidine rings is 1. The SMILES string of the molecule is CC#N.c1ccc(C2CCNCC2)cc1. The van der Waals surface area contributed by atoms with Crippen LogP contribution in [0.25, 0.3) is 0 Å². The van der Waals surface area contributed by atoms with Gasteiger partial charge in [0.15, 0.2) is 0 Å². The average molecular weight is 202 g/mol. The summed E-state index contributed by atoms with van der Waals surface area (Å²) in [6.07, 6.45) is 2.59. The van der Waals surface area contributed by atoms with Gasteiger partial charge in [0.25, 0.3) is 0 Å². The van der Waals surface area contributed by atoms with Gasteiger partial charge >= 0.3 is 0 Å². The fourth-order valence-electron chi connectivity index (χ4n) is 1.88. The lowest BCUT2D eigenvalue weighted by Gasteiger charge is -2.22. The van der Waals surface area contributed by atoms with E-state index in [0.29, 0.717) is 0 Å². The second kappa shape index (κ2) is 7.03. The lowest BCUT2D eigenvalue weighted by molar-refractivity contribution is 0.460. The summed E-state index contributed by atoms with van der Waals surface area (Å²) in [7, 11) is 0. The minimum Gasteiger partial charge on any atom is -0.317 e. The maximum Gasteiger partial charge on any atom is 0.0587 e. The number of hydrogen-bond donors (Lipinski definition) is 1. The van der Waals surface area contributed by atoms with E-state index in [-0.39, 0.29) is 0 Å². The molecule has 1 saturated heterocycles. The van der Waals surface area contributed by atoms with E-state index in [4.69, 9.17) is 5.26 Å². The topological polar surface area (TPSA) is 35.8 Å². The van der Waals surface area contributed by atoms with Gasteiger partial charge in [-0.2, -0.15) is 5.26 Å². The maximum absolute atomic E-state index is 7.32. The van der Waals surface area contributed by atoms with E-state index in [1.807, 2.05) is 0 Å². The summed E-state index contributed by atoms with van der Waals surface area (Å²) in [6.45, 7) is 3.79. The highest BCUT2D eigenvalue weighted by Gasteiger charge is 2.13. The van der Waals surface area contributed by atoms with E-state index in [1.54, 1.807) is 6.07 Å². The molecule has 1 aromatic rings. The van der Waals surface area contributed by atoms with Crippen molar-refractivity contribution in [2.75, 3.05) is 13.1 Å². The second-order valence-electron chi connectivity index (χ2n) is 3.66. The molecule has 0 bridgehead atoms. The van der Waals surface area contributed by atoms with Crippen LogP contribution in [0.3, 0.4) is 0 Å². The molecule has 1 fully saturated rings. The molecule has 0 unspecified atom stereocenters. The molecular formula is C13H18N2. The first-order valence-corrected chi connectivity index (χ1v) is 5.45. The molecule has 1 aliphatic heterocycles. The number of hydrogen-bond acceptors (Lipinski definition) is 2. The van der Waals surface area contributed by atoms with Crippen LogP contribution in [-0.4, -0.2) is 13.1 Å². The third-order valence-corrected chi connectivity index (χ3v) is 2.61. The van der Waals surface area contributed by atoms with Gasteiger partial charge in [-0.05, 0) is 37.4 Å². The molecule has 0 saturated carbocycles. The molecule has 0 amide bonds. The van der Waals surface area contributed by atoms with E-state index >= 15 is 0 Å². The van der Waals surface area contributed by atoms with Crippen molar-refractivity contribution in [2.24, 2.45) is 0 Å². The van der Waals surface area contributed by atoms with Crippen molar-refractivity contribution in [3.8, 4) is 6.07 Å². The fraction of sp³-hybridized carbons (Fsp3) is 0.462. The van der Waals surface area contributed by atoms with E-state index in [0.717, 1.165) is 5.92 Å². The number of rotatable bonds is 1. The standard InChI is InChI=1S/C11H15N.C2H3N/c1-2-4-10(5-3-1)11-6-8-12-9-7-11;1-2-3/h1-5,11-12H,6-9H2;1H3.